The van der Waals surface area contributed by atoms with Crippen LogP contribution in [-0.2, 0) is 14.6 Å². The Balaban J connectivity index is 2.34. The van der Waals surface area contributed by atoms with Crippen molar-refractivity contribution in [2.45, 2.75) is 55.7 Å². The minimum Gasteiger partial charge on any atom is -0.350 e. The van der Waals surface area contributed by atoms with Gasteiger partial charge in [-0.3, -0.25) is 4.79 Å². The van der Waals surface area contributed by atoms with Crippen LogP contribution in [0, 0.1) is 6.92 Å². The highest BCUT2D eigenvalue weighted by Gasteiger charge is 2.61. The smallest absolute Gasteiger partial charge is 0.242 e. The molecule has 1 aliphatic carbocycles. The second-order valence-electron chi connectivity index (χ2n) is 6.51. The summed E-state index contributed by atoms with van der Waals surface area (Å²) in [6, 6.07) is 6.67. The number of carbonyl (C=O) groups excluding carboxylic acids is 1. The molecule has 20 heavy (non-hydrogen) atoms. The number of sulfone groups is 1. The summed E-state index contributed by atoms with van der Waals surface area (Å²) in [5.74, 6) is -0.384. The summed E-state index contributed by atoms with van der Waals surface area (Å²) in [5, 5.41) is 2.79. The van der Waals surface area contributed by atoms with Crippen LogP contribution in [0.5, 0.6) is 0 Å². The summed E-state index contributed by atoms with van der Waals surface area (Å²) in [6.45, 7) is 7.44. The quantitative estimate of drug-likeness (QED) is 0.930. The number of rotatable bonds is 3. The largest absolute Gasteiger partial charge is 0.350 e. The van der Waals surface area contributed by atoms with Crippen molar-refractivity contribution in [3.05, 3.63) is 29.8 Å². The molecule has 0 heterocycles. The van der Waals surface area contributed by atoms with E-state index in [0.717, 1.165) is 5.56 Å². The molecule has 0 aromatic heterocycles. The van der Waals surface area contributed by atoms with Gasteiger partial charge < -0.3 is 5.32 Å². The van der Waals surface area contributed by atoms with Gasteiger partial charge in [0.2, 0.25) is 5.91 Å². The van der Waals surface area contributed by atoms with E-state index in [1.54, 1.807) is 24.3 Å². The Labute approximate surface area is 120 Å². The van der Waals surface area contributed by atoms with Crippen molar-refractivity contribution in [1.82, 2.24) is 5.32 Å². The van der Waals surface area contributed by atoms with Crippen molar-refractivity contribution in [3.8, 4) is 0 Å². The molecule has 1 aliphatic rings. The molecule has 4 nitrogen and oxygen atoms in total. The van der Waals surface area contributed by atoms with E-state index >= 15 is 0 Å². The highest BCUT2D eigenvalue weighted by molar-refractivity contribution is 7.94. The van der Waals surface area contributed by atoms with E-state index in [1.165, 1.54) is 0 Å². The van der Waals surface area contributed by atoms with E-state index in [-0.39, 0.29) is 10.8 Å². The first kappa shape index (κ1) is 15.0. The fourth-order valence-corrected chi connectivity index (χ4v) is 4.01. The van der Waals surface area contributed by atoms with Gasteiger partial charge in [-0.15, -0.1) is 0 Å². The predicted molar refractivity (Wildman–Crippen MR) is 78.2 cm³/mol. The van der Waals surface area contributed by atoms with Crippen molar-refractivity contribution in [2.75, 3.05) is 0 Å². The molecule has 5 heteroatoms. The zero-order chi connectivity index (χ0) is 15.2. The van der Waals surface area contributed by atoms with E-state index in [4.69, 9.17) is 0 Å². The van der Waals surface area contributed by atoms with Crippen molar-refractivity contribution >= 4 is 15.7 Å². The summed E-state index contributed by atoms with van der Waals surface area (Å²) < 4.78 is 24.1. The standard InChI is InChI=1S/C15H21NO3S/c1-11-5-7-12(8-6-11)20(18,19)15(9-10-15)13(17)16-14(2,3)4/h5-8H,9-10H2,1-4H3,(H,16,17). The Bertz CT molecular complexity index is 620. The highest BCUT2D eigenvalue weighted by Crippen LogP contribution is 2.47. The maximum absolute atomic E-state index is 12.7. The maximum atomic E-state index is 12.7. The van der Waals surface area contributed by atoms with Gasteiger partial charge in [0.15, 0.2) is 14.6 Å². The fraction of sp³-hybridized carbons (Fsp3) is 0.533. The van der Waals surface area contributed by atoms with Gasteiger partial charge in [0.1, 0.15) is 0 Å². The molecule has 110 valence electrons. The average Bonchev–Trinajstić information content (AvgIpc) is 3.08. The van der Waals surface area contributed by atoms with Crippen molar-refractivity contribution in [1.29, 1.82) is 0 Å². The van der Waals surface area contributed by atoms with Crippen LogP contribution < -0.4 is 5.32 Å². The molecule has 0 bridgehead atoms. The third-order valence-electron chi connectivity index (χ3n) is 3.45. The second kappa shape index (κ2) is 4.58. The Hall–Kier alpha value is -1.36. The van der Waals surface area contributed by atoms with Crippen molar-refractivity contribution < 1.29 is 13.2 Å². The van der Waals surface area contributed by atoms with E-state index < -0.39 is 20.1 Å². The fourth-order valence-electron chi connectivity index (χ4n) is 2.13. The van der Waals surface area contributed by atoms with Gasteiger partial charge in [-0.2, -0.15) is 0 Å². The Morgan fingerprint density at radius 1 is 1.15 bits per heavy atom. The van der Waals surface area contributed by atoms with E-state index in [0.29, 0.717) is 12.8 Å². The lowest BCUT2D eigenvalue weighted by atomic mass is 10.1. The first-order chi connectivity index (χ1) is 9.08. The zero-order valence-corrected chi connectivity index (χ0v) is 13.2. The van der Waals surface area contributed by atoms with Gasteiger partial charge in [0, 0.05) is 5.54 Å². The number of amides is 1. The molecule has 0 unspecified atom stereocenters. The first-order valence-corrected chi connectivity index (χ1v) is 8.21. The highest BCUT2D eigenvalue weighted by atomic mass is 32.2. The molecule has 0 atom stereocenters. The van der Waals surface area contributed by atoms with Crippen LogP contribution in [0.4, 0.5) is 0 Å². The van der Waals surface area contributed by atoms with Crippen LogP contribution in [0.3, 0.4) is 0 Å². The monoisotopic (exact) mass is 295 g/mol. The number of aryl methyl sites for hydroxylation is 1. The number of hydrogen-bond donors (Lipinski definition) is 1. The van der Waals surface area contributed by atoms with Crippen LogP contribution in [0.1, 0.15) is 39.2 Å². The average molecular weight is 295 g/mol. The SMILES string of the molecule is Cc1ccc(S(=O)(=O)C2(C(=O)NC(C)(C)C)CC2)cc1. The molecule has 1 aromatic carbocycles. The molecule has 2 rings (SSSR count). The molecular formula is C15H21NO3S. The summed E-state index contributed by atoms with van der Waals surface area (Å²) >= 11 is 0. The summed E-state index contributed by atoms with van der Waals surface area (Å²) in [4.78, 5) is 12.6. The van der Waals surface area contributed by atoms with Gasteiger partial charge >= 0.3 is 0 Å². The minimum absolute atomic E-state index is 0.227. The van der Waals surface area contributed by atoms with Crippen LogP contribution >= 0.6 is 0 Å². The van der Waals surface area contributed by atoms with Crippen molar-refractivity contribution in [3.63, 3.8) is 0 Å². The number of nitrogens with one attached hydrogen (secondary N) is 1. The van der Waals surface area contributed by atoms with Crippen LogP contribution in [-0.4, -0.2) is 24.6 Å². The molecule has 0 radical (unpaired) electrons. The summed E-state index contributed by atoms with van der Waals surface area (Å²) in [5.41, 5.74) is 0.558. The molecule has 1 fully saturated rings. The number of carbonyl (C=O) groups is 1. The van der Waals surface area contributed by atoms with Crippen LogP contribution in [0.15, 0.2) is 29.2 Å². The minimum atomic E-state index is -3.63. The topological polar surface area (TPSA) is 63.2 Å². The van der Waals surface area contributed by atoms with Crippen LogP contribution in [0.2, 0.25) is 0 Å². The lowest BCUT2D eigenvalue weighted by Crippen LogP contribution is -2.49. The van der Waals surface area contributed by atoms with E-state index in [2.05, 4.69) is 5.32 Å². The lowest BCUT2D eigenvalue weighted by Gasteiger charge is -2.24. The normalized spacial score (nSPS) is 17.6. The van der Waals surface area contributed by atoms with E-state index in [9.17, 15) is 13.2 Å². The number of hydrogen-bond acceptors (Lipinski definition) is 3. The molecule has 1 aromatic rings. The molecule has 1 saturated carbocycles. The molecule has 0 aliphatic heterocycles. The third kappa shape index (κ3) is 2.59. The first-order valence-electron chi connectivity index (χ1n) is 6.72. The maximum Gasteiger partial charge on any atom is 0.242 e. The number of benzene rings is 1. The van der Waals surface area contributed by atoms with E-state index in [1.807, 2.05) is 27.7 Å². The second-order valence-corrected chi connectivity index (χ2v) is 8.77. The Morgan fingerprint density at radius 2 is 1.65 bits per heavy atom. The van der Waals surface area contributed by atoms with Gasteiger partial charge in [-0.25, -0.2) is 8.42 Å². The molecule has 1 N–H and O–H groups in total. The Morgan fingerprint density at radius 3 is 2.05 bits per heavy atom. The van der Waals surface area contributed by atoms with Gasteiger partial charge in [-0.05, 0) is 52.7 Å². The predicted octanol–water partition coefficient (Wildman–Crippen LogP) is 2.22. The molecule has 0 saturated heterocycles. The van der Waals surface area contributed by atoms with Crippen LogP contribution in [0.25, 0.3) is 0 Å². The Kier molecular flexibility index (Phi) is 3.45. The molecule has 0 spiro atoms. The lowest BCUT2D eigenvalue weighted by molar-refractivity contribution is -0.122. The summed E-state index contributed by atoms with van der Waals surface area (Å²) in [6.07, 6.45) is 0.788. The van der Waals surface area contributed by atoms with Gasteiger partial charge in [0.05, 0.1) is 4.90 Å². The zero-order valence-electron chi connectivity index (χ0n) is 12.4. The molecular weight excluding hydrogens is 274 g/mol. The third-order valence-corrected chi connectivity index (χ3v) is 5.97. The molecule has 1 amide bonds. The van der Waals surface area contributed by atoms with Gasteiger partial charge in [-0.1, -0.05) is 17.7 Å². The summed E-state index contributed by atoms with van der Waals surface area (Å²) in [7, 11) is -3.63. The van der Waals surface area contributed by atoms with Gasteiger partial charge in [0.25, 0.3) is 0 Å². The van der Waals surface area contributed by atoms with Crippen molar-refractivity contribution in [2.24, 2.45) is 0 Å².